The molecule has 148 valence electrons. The van der Waals surface area contributed by atoms with Crippen LogP contribution in [-0.4, -0.2) is 42.3 Å². The number of ether oxygens (including phenoxy) is 3. The summed E-state index contributed by atoms with van der Waals surface area (Å²) in [6.07, 6.45) is -2.28. The van der Waals surface area contributed by atoms with Gasteiger partial charge in [-0.1, -0.05) is 0 Å². The van der Waals surface area contributed by atoms with Crippen molar-refractivity contribution >= 4 is 16.7 Å². The number of anilines is 1. The molecule has 1 N–H and O–H groups in total. The number of fused-ring (bicyclic) bond motifs is 1. The van der Waals surface area contributed by atoms with Crippen LogP contribution in [0, 0.1) is 0 Å². The minimum absolute atomic E-state index is 0.105. The van der Waals surface area contributed by atoms with Gasteiger partial charge in [-0.3, -0.25) is 0 Å². The van der Waals surface area contributed by atoms with Crippen LogP contribution in [0.25, 0.3) is 10.9 Å². The molecule has 0 radical (unpaired) electrons. The summed E-state index contributed by atoms with van der Waals surface area (Å²) in [6, 6.07) is 5.60. The lowest BCUT2D eigenvalue weighted by Crippen LogP contribution is -2.13. The molecule has 0 aliphatic rings. The van der Waals surface area contributed by atoms with Crippen LogP contribution in [0.4, 0.5) is 19.0 Å². The third-order valence-corrected chi connectivity index (χ3v) is 3.85. The minimum Gasteiger partial charge on any atom is -0.493 e. The van der Waals surface area contributed by atoms with E-state index in [-0.39, 0.29) is 12.5 Å². The van der Waals surface area contributed by atoms with Gasteiger partial charge >= 0.3 is 6.18 Å². The van der Waals surface area contributed by atoms with Crippen molar-refractivity contribution in [2.24, 2.45) is 0 Å². The molecule has 0 saturated heterocycles. The fourth-order valence-corrected chi connectivity index (χ4v) is 2.48. The summed E-state index contributed by atoms with van der Waals surface area (Å²) in [5.74, 6) is 1.76. The molecular weight excluding hydrogens is 377 g/mol. The molecule has 0 amide bonds. The van der Waals surface area contributed by atoms with Crippen LogP contribution in [0.5, 0.6) is 17.4 Å². The summed E-state index contributed by atoms with van der Waals surface area (Å²) >= 11 is 0. The first-order chi connectivity index (χ1) is 13.4. The van der Waals surface area contributed by atoms with E-state index >= 15 is 0 Å². The standard InChI is InChI=1S/C18H17F3N4O3/c1-26-14-7-12-13(8-15(14)27-2)24-10-25-17(12)22-5-6-28-16-4-3-11(9-23-16)18(19,20)21/h3-4,7-10H,5-6H2,1-2H3,(H,22,24,25). The number of pyridine rings is 1. The van der Waals surface area contributed by atoms with Gasteiger partial charge in [-0.2, -0.15) is 13.2 Å². The lowest BCUT2D eigenvalue weighted by Gasteiger charge is -2.12. The first kappa shape index (κ1) is 19.5. The number of aromatic nitrogens is 3. The predicted octanol–water partition coefficient (Wildman–Crippen LogP) is 3.55. The van der Waals surface area contributed by atoms with Crippen LogP contribution in [0.3, 0.4) is 0 Å². The molecule has 0 aliphatic carbocycles. The topological polar surface area (TPSA) is 78.4 Å². The summed E-state index contributed by atoms with van der Waals surface area (Å²) in [5, 5.41) is 3.83. The second-order valence-electron chi connectivity index (χ2n) is 5.60. The van der Waals surface area contributed by atoms with Gasteiger partial charge in [0.25, 0.3) is 0 Å². The number of methoxy groups -OCH3 is 2. The number of halogens is 3. The summed E-state index contributed by atoms with van der Waals surface area (Å²) in [7, 11) is 3.07. The van der Waals surface area contributed by atoms with Crippen LogP contribution < -0.4 is 19.5 Å². The number of hydrogen-bond acceptors (Lipinski definition) is 7. The molecular formula is C18H17F3N4O3. The number of benzene rings is 1. The maximum Gasteiger partial charge on any atom is 0.417 e. The van der Waals surface area contributed by atoms with E-state index in [2.05, 4.69) is 20.3 Å². The van der Waals surface area contributed by atoms with Crippen LogP contribution in [0.2, 0.25) is 0 Å². The first-order valence-electron chi connectivity index (χ1n) is 8.19. The van der Waals surface area contributed by atoms with Crippen molar-refractivity contribution in [3.8, 4) is 17.4 Å². The van der Waals surface area contributed by atoms with Crippen LogP contribution in [-0.2, 0) is 6.18 Å². The monoisotopic (exact) mass is 394 g/mol. The molecule has 0 unspecified atom stereocenters. The van der Waals surface area contributed by atoms with Crippen molar-refractivity contribution in [2.75, 3.05) is 32.7 Å². The van der Waals surface area contributed by atoms with E-state index in [9.17, 15) is 13.2 Å². The summed E-state index contributed by atoms with van der Waals surface area (Å²) in [6.45, 7) is 0.528. The van der Waals surface area contributed by atoms with Crippen molar-refractivity contribution in [3.05, 3.63) is 42.4 Å². The van der Waals surface area contributed by atoms with E-state index in [0.717, 1.165) is 17.6 Å². The molecule has 10 heteroatoms. The third kappa shape index (κ3) is 4.33. The molecule has 3 rings (SSSR count). The summed E-state index contributed by atoms with van der Waals surface area (Å²) in [4.78, 5) is 12.1. The van der Waals surface area contributed by atoms with E-state index in [0.29, 0.717) is 29.4 Å². The maximum atomic E-state index is 12.5. The van der Waals surface area contributed by atoms with Gasteiger partial charge in [-0.15, -0.1) is 0 Å². The fourth-order valence-electron chi connectivity index (χ4n) is 2.48. The summed E-state index contributed by atoms with van der Waals surface area (Å²) in [5.41, 5.74) is -0.157. The van der Waals surface area contributed by atoms with Gasteiger partial charge < -0.3 is 19.5 Å². The number of nitrogens with one attached hydrogen (secondary N) is 1. The maximum absolute atomic E-state index is 12.5. The van der Waals surface area contributed by atoms with Gasteiger partial charge in [-0.05, 0) is 12.1 Å². The first-order valence-corrected chi connectivity index (χ1v) is 8.19. The zero-order valence-corrected chi connectivity index (χ0v) is 15.1. The molecule has 0 atom stereocenters. The minimum atomic E-state index is -4.43. The van der Waals surface area contributed by atoms with Gasteiger partial charge in [0.2, 0.25) is 5.88 Å². The highest BCUT2D eigenvalue weighted by Crippen LogP contribution is 2.33. The van der Waals surface area contributed by atoms with E-state index < -0.39 is 11.7 Å². The quantitative estimate of drug-likeness (QED) is 0.614. The molecule has 0 fully saturated rings. The highest BCUT2D eigenvalue weighted by atomic mass is 19.4. The van der Waals surface area contributed by atoms with Gasteiger partial charge in [0.05, 0.1) is 31.8 Å². The van der Waals surface area contributed by atoms with Crippen molar-refractivity contribution in [3.63, 3.8) is 0 Å². The van der Waals surface area contributed by atoms with Gasteiger partial charge in [0.15, 0.2) is 11.5 Å². The highest BCUT2D eigenvalue weighted by molar-refractivity contribution is 5.91. The molecule has 3 aromatic rings. The summed E-state index contributed by atoms with van der Waals surface area (Å²) < 4.78 is 53.5. The lowest BCUT2D eigenvalue weighted by atomic mass is 10.2. The lowest BCUT2D eigenvalue weighted by molar-refractivity contribution is -0.137. The second kappa shape index (κ2) is 8.15. The Morgan fingerprint density at radius 3 is 2.39 bits per heavy atom. The zero-order chi connectivity index (χ0) is 20.1. The van der Waals surface area contributed by atoms with Gasteiger partial charge in [-0.25, -0.2) is 15.0 Å². The number of hydrogen-bond donors (Lipinski definition) is 1. The number of rotatable bonds is 7. The van der Waals surface area contributed by atoms with Crippen molar-refractivity contribution in [1.29, 1.82) is 0 Å². The Labute approximate surface area is 158 Å². The van der Waals surface area contributed by atoms with E-state index in [1.165, 1.54) is 26.6 Å². The normalized spacial score (nSPS) is 11.3. The number of alkyl halides is 3. The third-order valence-electron chi connectivity index (χ3n) is 3.85. The van der Waals surface area contributed by atoms with Crippen LogP contribution in [0.15, 0.2) is 36.8 Å². The second-order valence-corrected chi connectivity index (χ2v) is 5.60. The molecule has 0 aliphatic heterocycles. The largest absolute Gasteiger partial charge is 0.493 e. The average Bonchev–Trinajstić information content (AvgIpc) is 2.69. The van der Waals surface area contributed by atoms with E-state index in [1.54, 1.807) is 12.1 Å². The molecule has 0 spiro atoms. The molecule has 2 aromatic heterocycles. The van der Waals surface area contributed by atoms with Crippen molar-refractivity contribution < 1.29 is 27.4 Å². The fraction of sp³-hybridized carbons (Fsp3) is 0.278. The molecule has 0 saturated carbocycles. The molecule has 2 heterocycles. The molecule has 0 bridgehead atoms. The van der Waals surface area contributed by atoms with E-state index in [1.807, 2.05) is 0 Å². The number of nitrogens with zero attached hydrogens (tertiary/aromatic N) is 3. The molecule has 7 nitrogen and oxygen atoms in total. The van der Waals surface area contributed by atoms with Crippen molar-refractivity contribution in [1.82, 2.24) is 15.0 Å². The highest BCUT2D eigenvalue weighted by Gasteiger charge is 2.30. The molecule has 28 heavy (non-hydrogen) atoms. The van der Waals surface area contributed by atoms with Crippen molar-refractivity contribution in [2.45, 2.75) is 6.18 Å². The zero-order valence-electron chi connectivity index (χ0n) is 15.1. The van der Waals surface area contributed by atoms with Gasteiger partial charge in [0, 0.05) is 23.7 Å². The SMILES string of the molecule is COc1cc2ncnc(NCCOc3ccc(C(F)(F)F)cn3)c2cc1OC. The Balaban J connectivity index is 1.64. The Kier molecular flexibility index (Phi) is 5.67. The Hall–Kier alpha value is -3.30. The molecule has 1 aromatic carbocycles. The predicted molar refractivity (Wildman–Crippen MR) is 95.9 cm³/mol. The van der Waals surface area contributed by atoms with Crippen LogP contribution in [0.1, 0.15) is 5.56 Å². The van der Waals surface area contributed by atoms with E-state index in [4.69, 9.17) is 14.2 Å². The Morgan fingerprint density at radius 1 is 1.00 bits per heavy atom. The van der Waals surface area contributed by atoms with Gasteiger partial charge in [0.1, 0.15) is 18.8 Å². The smallest absolute Gasteiger partial charge is 0.417 e. The van der Waals surface area contributed by atoms with Crippen LogP contribution >= 0.6 is 0 Å². The Morgan fingerprint density at radius 2 is 1.75 bits per heavy atom. The average molecular weight is 394 g/mol. The Bertz CT molecular complexity index is 949.